The van der Waals surface area contributed by atoms with Crippen molar-refractivity contribution >= 4 is 39.0 Å². The zero-order valence-electron chi connectivity index (χ0n) is 29.9. The Morgan fingerprint density at radius 3 is 2.12 bits per heavy atom. The Morgan fingerprint density at radius 1 is 0.979 bits per heavy atom. The van der Waals surface area contributed by atoms with Gasteiger partial charge in [-0.05, 0) is 52.4 Å². The molecule has 0 radical (unpaired) electrons. The number of piperidine rings is 1. The zero-order valence-corrected chi connectivity index (χ0v) is 30.7. The van der Waals surface area contributed by atoms with E-state index >= 15 is 0 Å². The first-order valence-electron chi connectivity index (χ1n) is 17.7. The number of Topliss-reactive ketones (excluding diaryl/α,β-unsaturated/α-hetero) is 3. The number of carbonyl (C=O) groups excluding carboxylic acids is 5. The van der Waals surface area contributed by atoms with Gasteiger partial charge in [0.2, 0.25) is 11.7 Å². The van der Waals surface area contributed by atoms with Gasteiger partial charge in [0, 0.05) is 37.6 Å². The summed E-state index contributed by atoms with van der Waals surface area (Å²) in [6.45, 7) is 14.1. The fourth-order valence-corrected chi connectivity index (χ4v) is 10.1. The number of fused-ring (bicyclic) bond motifs is 1. The molecule has 2 saturated carbocycles. The maximum atomic E-state index is 14.4. The molecule has 1 aromatic carbocycles. The minimum absolute atomic E-state index is 0.0459. The predicted octanol–water partition coefficient (Wildman–Crippen LogP) is 5.19. The smallest absolute Gasteiger partial charge is 0.285 e. The monoisotopic (exact) mass is 684 g/mol. The lowest BCUT2D eigenvalue weighted by molar-refractivity contribution is -0.148. The number of nitrogens with two attached hydrogens (primary N) is 1. The summed E-state index contributed by atoms with van der Waals surface area (Å²) in [5.41, 5.74) is 5.33. The second-order valence-electron chi connectivity index (χ2n) is 16.9. The van der Waals surface area contributed by atoms with Crippen LogP contribution < -0.4 is 5.73 Å². The molecular weight excluding hydrogens is 628 g/mol. The summed E-state index contributed by atoms with van der Waals surface area (Å²) < 4.78 is 26.3. The molecule has 1 unspecified atom stereocenters. The summed E-state index contributed by atoms with van der Waals surface area (Å²) in [5, 5.41) is 0. The van der Waals surface area contributed by atoms with Gasteiger partial charge in [0.05, 0.1) is 17.5 Å². The molecule has 2 N–H and O–H groups in total. The van der Waals surface area contributed by atoms with Crippen molar-refractivity contribution in [1.29, 1.82) is 0 Å². The molecule has 1 aliphatic heterocycles. The molecule has 1 aromatic rings. The second kappa shape index (κ2) is 14.5. The Bertz CT molecular complexity index is 1490. The van der Waals surface area contributed by atoms with Gasteiger partial charge in [0.15, 0.2) is 15.6 Å². The number of benzene rings is 1. The number of hydrogen-bond donors (Lipinski definition) is 1. The van der Waals surface area contributed by atoms with Gasteiger partial charge in [-0.2, -0.15) is 0 Å². The molecule has 4 rings (SSSR count). The lowest BCUT2D eigenvalue weighted by Crippen LogP contribution is -2.51. The van der Waals surface area contributed by atoms with Crippen molar-refractivity contribution in [2.24, 2.45) is 58.0 Å². The molecule has 6 atom stereocenters. The number of primary amides is 1. The van der Waals surface area contributed by atoms with E-state index in [9.17, 15) is 32.4 Å². The zero-order chi connectivity index (χ0) is 35.8. The summed E-state index contributed by atoms with van der Waals surface area (Å²) >= 11 is 0. The molecule has 1 saturated heterocycles. The van der Waals surface area contributed by atoms with E-state index in [-0.39, 0.29) is 77.3 Å². The standard InChI is InChI=1S/C38H56N2O7S/c1-23(2)27(22-48(46,47)21-25-12-9-8-10-13-25)17-28(41)19-29(37(3,4)5)36(45)40-20-30-32(38(30,6)7)33(40)31(42)18-26(34(43)35(39)44)16-24-14-11-15-24/h8-10,12-13,23-24,26-27,29-30,32-33H,11,14-22H2,1-7H3,(H2,39,44)/t26?,27-,29-,30+,32+,33-/m1/s1. The van der Waals surface area contributed by atoms with Gasteiger partial charge in [0.1, 0.15) is 5.78 Å². The molecule has 266 valence electrons. The number of hydrogen-bond acceptors (Lipinski definition) is 7. The van der Waals surface area contributed by atoms with Crippen LogP contribution in [0.3, 0.4) is 0 Å². The van der Waals surface area contributed by atoms with E-state index in [0.717, 1.165) is 19.3 Å². The first-order chi connectivity index (χ1) is 22.2. The van der Waals surface area contributed by atoms with E-state index in [2.05, 4.69) is 13.8 Å². The van der Waals surface area contributed by atoms with Gasteiger partial charge in [0.25, 0.3) is 5.91 Å². The molecule has 10 heteroatoms. The summed E-state index contributed by atoms with van der Waals surface area (Å²) in [6.07, 6.45) is 3.30. The predicted molar refractivity (Wildman–Crippen MR) is 185 cm³/mol. The van der Waals surface area contributed by atoms with Gasteiger partial charge in [-0.3, -0.25) is 24.0 Å². The van der Waals surface area contributed by atoms with Crippen LogP contribution in [-0.2, 0) is 39.6 Å². The Hall–Kier alpha value is -2.88. The molecule has 3 aliphatic rings. The van der Waals surface area contributed by atoms with Crippen LogP contribution in [0.15, 0.2) is 30.3 Å². The first kappa shape index (κ1) is 37.9. The molecule has 0 spiro atoms. The van der Waals surface area contributed by atoms with Crippen LogP contribution in [0.4, 0.5) is 0 Å². The van der Waals surface area contributed by atoms with Gasteiger partial charge >= 0.3 is 0 Å². The molecule has 0 bridgehead atoms. The lowest BCUT2D eigenvalue weighted by atomic mass is 9.75. The van der Waals surface area contributed by atoms with Crippen LogP contribution in [0, 0.1) is 52.3 Å². The van der Waals surface area contributed by atoms with Gasteiger partial charge < -0.3 is 10.6 Å². The van der Waals surface area contributed by atoms with Crippen LogP contribution >= 0.6 is 0 Å². The van der Waals surface area contributed by atoms with Crippen LogP contribution in [0.2, 0.25) is 0 Å². The molecule has 2 amide bonds. The van der Waals surface area contributed by atoms with Crippen molar-refractivity contribution in [1.82, 2.24) is 4.90 Å². The van der Waals surface area contributed by atoms with E-state index in [0.29, 0.717) is 18.5 Å². The number of amides is 2. The highest BCUT2D eigenvalue weighted by Crippen LogP contribution is 2.65. The fraction of sp³-hybridized carbons (Fsp3) is 0.711. The Kier molecular flexibility index (Phi) is 11.5. The van der Waals surface area contributed by atoms with E-state index in [4.69, 9.17) is 5.73 Å². The van der Waals surface area contributed by atoms with Crippen molar-refractivity contribution < 1.29 is 32.4 Å². The molecule has 0 aromatic heterocycles. The van der Waals surface area contributed by atoms with Crippen LogP contribution in [0.25, 0.3) is 0 Å². The molecule has 1 heterocycles. The number of rotatable bonds is 17. The highest BCUT2D eigenvalue weighted by atomic mass is 32.2. The van der Waals surface area contributed by atoms with Crippen molar-refractivity contribution in [2.75, 3.05) is 12.3 Å². The largest absolute Gasteiger partial charge is 0.363 e. The number of ketones is 3. The molecule has 3 fully saturated rings. The highest BCUT2D eigenvalue weighted by molar-refractivity contribution is 7.90. The van der Waals surface area contributed by atoms with Crippen LogP contribution in [0.1, 0.15) is 99.0 Å². The summed E-state index contributed by atoms with van der Waals surface area (Å²) in [7, 11) is -3.49. The topological polar surface area (TPSA) is 149 Å². The average Bonchev–Trinajstić information content (AvgIpc) is 3.27. The quantitative estimate of drug-likeness (QED) is 0.222. The van der Waals surface area contributed by atoms with Crippen molar-refractivity contribution in [3.05, 3.63) is 35.9 Å². The average molecular weight is 685 g/mol. The summed E-state index contributed by atoms with van der Waals surface area (Å²) in [6, 6.07) is 8.26. The molecule has 48 heavy (non-hydrogen) atoms. The molecule has 9 nitrogen and oxygen atoms in total. The number of carbonyl (C=O) groups is 5. The maximum Gasteiger partial charge on any atom is 0.285 e. The second-order valence-corrected chi connectivity index (χ2v) is 19.0. The fourth-order valence-electron chi connectivity index (χ4n) is 8.13. The normalized spacial score (nSPS) is 23.9. The third kappa shape index (κ3) is 8.82. The summed E-state index contributed by atoms with van der Waals surface area (Å²) in [5.74, 6) is -4.21. The Morgan fingerprint density at radius 2 is 1.60 bits per heavy atom. The van der Waals surface area contributed by atoms with Crippen molar-refractivity contribution in [2.45, 2.75) is 105 Å². The Labute approximate surface area is 287 Å². The van der Waals surface area contributed by atoms with Crippen molar-refractivity contribution in [3.63, 3.8) is 0 Å². The van der Waals surface area contributed by atoms with Crippen LogP contribution in [0.5, 0.6) is 0 Å². The third-order valence-corrected chi connectivity index (χ3v) is 13.3. The maximum absolute atomic E-state index is 14.4. The van der Waals surface area contributed by atoms with Gasteiger partial charge in [-0.15, -0.1) is 0 Å². The first-order valence-corrected chi connectivity index (χ1v) is 19.5. The summed E-state index contributed by atoms with van der Waals surface area (Å²) in [4.78, 5) is 68.5. The highest BCUT2D eigenvalue weighted by Gasteiger charge is 2.69. The van der Waals surface area contributed by atoms with Crippen molar-refractivity contribution in [3.8, 4) is 0 Å². The molecular formula is C38H56N2O7S. The number of likely N-dealkylation sites (tertiary alicyclic amines) is 1. The minimum Gasteiger partial charge on any atom is -0.363 e. The van der Waals surface area contributed by atoms with E-state index in [1.165, 1.54) is 0 Å². The van der Waals surface area contributed by atoms with Crippen LogP contribution in [-0.4, -0.2) is 60.8 Å². The molecule has 2 aliphatic carbocycles. The van der Waals surface area contributed by atoms with Gasteiger partial charge in [-0.1, -0.05) is 98.1 Å². The van der Waals surface area contributed by atoms with E-state index in [1.807, 2.05) is 40.7 Å². The third-order valence-electron chi connectivity index (χ3n) is 11.6. The number of nitrogens with zero attached hydrogens (tertiary/aromatic N) is 1. The SMILES string of the molecule is CC(C)[C@H](CC(=O)C[C@H](C(=O)N1C[C@H]2[C@@H]([C@H]1C(=O)CC(CC1CCC1)C(=O)C(N)=O)C2(C)C)C(C)(C)C)CS(=O)(=O)Cc1ccccc1. The van der Waals surface area contributed by atoms with E-state index < -0.39 is 50.7 Å². The Balaban J connectivity index is 1.50. The lowest BCUT2D eigenvalue weighted by Gasteiger charge is -2.38. The minimum atomic E-state index is -3.49. The number of sulfone groups is 1. The van der Waals surface area contributed by atoms with Gasteiger partial charge in [-0.25, -0.2) is 8.42 Å². The van der Waals surface area contributed by atoms with E-state index in [1.54, 1.807) is 29.2 Å².